The van der Waals surface area contributed by atoms with Crippen molar-refractivity contribution >= 4 is 10.2 Å². The molecule has 2 N–H and O–H groups in total. The van der Waals surface area contributed by atoms with Gasteiger partial charge in [-0.05, 0) is 37.5 Å². The predicted molar refractivity (Wildman–Crippen MR) is 50.1 cm³/mol. The molecule has 2 aliphatic carbocycles. The fraction of sp³-hybridized carbons (Fsp3) is 1.00. The molecule has 2 aliphatic rings. The van der Waals surface area contributed by atoms with E-state index in [1.807, 2.05) is 0 Å². The average molecular weight is 204 g/mol. The van der Waals surface area contributed by atoms with E-state index in [1.54, 1.807) is 0 Å². The van der Waals surface area contributed by atoms with Crippen molar-refractivity contribution in [3.05, 3.63) is 0 Å². The molecule has 0 aliphatic heterocycles. The van der Waals surface area contributed by atoms with Crippen LogP contribution in [0.5, 0.6) is 0 Å². The average Bonchev–Trinajstić information content (AvgIpc) is 2.76. The van der Waals surface area contributed by atoms with E-state index in [4.69, 9.17) is 5.14 Å². The SMILES string of the molecule is NS(=O)(=O)N(CC1CC1)CC1CC1. The molecule has 13 heavy (non-hydrogen) atoms. The Hall–Kier alpha value is -0.130. The molecule has 0 aromatic carbocycles. The Bertz CT molecular complexity index is 267. The molecule has 0 atom stereocenters. The van der Waals surface area contributed by atoms with Crippen LogP contribution in [-0.2, 0) is 10.2 Å². The molecule has 0 spiro atoms. The van der Waals surface area contributed by atoms with Gasteiger partial charge in [-0.3, -0.25) is 0 Å². The number of nitrogens with two attached hydrogens (primary N) is 1. The zero-order valence-corrected chi connectivity index (χ0v) is 8.46. The fourth-order valence-corrected chi connectivity index (χ4v) is 2.30. The van der Waals surface area contributed by atoms with E-state index in [9.17, 15) is 8.42 Å². The summed E-state index contributed by atoms with van der Waals surface area (Å²) in [6, 6.07) is 0. The summed E-state index contributed by atoms with van der Waals surface area (Å²) in [5.41, 5.74) is 0. The second kappa shape index (κ2) is 3.22. The van der Waals surface area contributed by atoms with Gasteiger partial charge >= 0.3 is 0 Å². The van der Waals surface area contributed by atoms with Gasteiger partial charge in [0.1, 0.15) is 0 Å². The standard InChI is InChI=1S/C8H16N2O2S/c9-13(11,12)10(5-7-1-2-7)6-8-3-4-8/h7-8H,1-6H2,(H2,9,11,12). The highest BCUT2D eigenvalue weighted by Gasteiger charge is 2.33. The van der Waals surface area contributed by atoms with Crippen LogP contribution in [0.15, 0.2) is 0 Å². The fourth-order valence-electron chi connectivity index (χ4n) is 1.46. The van der Waals surface area contributed by atoms with Crippen LogP contribution >= 0.6 is 0 Å². The van der Waals surface area contributed by atoms with Gasteiger partial charge in [-0.25, -0.2) is 5.14 Å². The van der Waals surface area contributed by atoms with Crippen LogP contribution in [0, 0.1) is 11.8 Å². The minimum atomic E-state index is -3.44. The Balaban J connectivity index is 1.91. The van der Waals surface area contributed by atoms with Crippen LogP contribution in [0.4, 0.5) is 0 Å². The number of hydrogen-bond donors (Lipinski definition) is 1. The largest absolute Gasteiger partial charge is 0.276 e. The lowest BCUT2D eigenvalue weighted by Gasteiger charge is -2.18. The molecule has 76 valence electrons. The van der Waals surface area contributed by atoms with E-state index in [0.717, 1.165) is 25.7 Å². The molecular weight excluding hydrogens is 188 g/mol. The van der Waals surface area contributed by atoms with Crippen LogP contribution < -0.4 is 5.14 Å². The highest BCUT2D eigenvalue weighted by molar-refractivity contribution is 7.86. The maximum atomic E-state index is 11.2. The van der Waals surface area contributed by atoms with Crippen LogP contribution in [-0.4, -0.2) is 25.8 Å². The summed E-state index contributed by atoms with van der Waals surface area (Å²) in [6.07, 6.45) is 4.65. The Morgan fingerprint density at radius 2 is 1.46 bits per heavy atom. The molecule has 2 fully saturated rings. The third-order valence-corrected chi connectivity index (χ3v) is 3.70. The summed E-state index contributed by atoms with van der Waals surface area (Å²) >= 11 is 0. The van der Waals surface area contributed by atoms with Crippen LogP contribution in [0.3, 0.4) is 0 Å². The maximum Gasteiger partial charge on any atom is 0.276 e. The van der Waals surface area contributed by atoms with Crippen molar-refractivity contribution in [3.63, 3.8) is 0 Å². The van der Waals surface area contributed by atoms with E-state index >= 15 is 0 Å². The van der Waals surface area contributed by atoms with Crippen molar-refractivity contribution in [2.24, 2.45) is 17.0 Å². The van der Waals surface area contributed by atoms with E-state index < -0.39 is 10.2 Å². The summed E-state index contributed by atoms with van der Waals surface area (Å²) in [5.74, 6) is 1.16. The Labute approximate surface area is 79.3 Å². The van der Waals surface area contributed by atoms with E-state index in [0.29, 0.717) is 24.9 Å². The monoisotopic (exact) mass is 204 g/mol. The van der Waals surface area contributed by atoms with Gasteiger partial charge in [0, 0.05) is 13.1 Å². The van der Waals surface area contributed by atoms with E-state index in [2.05, 4.69) is 0 Å². The first-order valence-electron chi connectivity index (χ1n) is 4.83. The summed E-state index contributed by atoms with van der Waals surface area (Å²) in [4.78, 5) is 0. The lowest BCUT2D eigenvalue weighted by atomic mass is 10.4. The Morgan fingerprint density at radius 1 is 1.08 bits per heavy atom. The first kappa shape index (κ1) is 9.43. The first-order valence-corrected chi connectivity index (χ1v) is 6.34. The van der Waals surface area contributed by atoms with Gasteiger partial charge in [-0.15, -0.1) is 0 Å². The third-order valence-electron chi connectivity index (χ3n) is 2.68. The summed E-state index contributed by atoms with van der Waals surface area (Å²) in [7, 11) is -3.44. The molecule has 0 radical (unpaired) electrons. The zero-order chi connectivity index (χ0) is 9.47. The van der Waals surface area contributed by atoms with Crippen LogP contribution in [0.1, 0.15) is 25.7 Å². The molecule has 4 nitrogen and oxygen atoms in total. The Kier molecular flexibility index (Phi) is 2.33. The van der Waals surface area contributed by atoms with Gasteiger partial charge in [0.15, 0.2) is 0 Å². The number of nitrogens with zero attached hydrogens (tertiary/aromatic N) is 1. The molecular formula is C8H16N2O2S. The molecule has 0 amide bonds. The maximum absolute atomic E-state index is 11.2. The number of hydrogen-bond acceptors (Lipinski definition) is 2. The molecule has 2 rings (SSSR count). The molecule has 0 aromatic rings. The van der Waals surface area contributed by atoms with Crippen molar-refractivity contribution in [1.29, 1.82) is 0 Å². The van der Waals surface area contributed by atoms with E-state index in [1.165, 1.54) is 4.31 Å². The van der Waals surface area contributed by atoms with E-state index in [-0.39, 0.29) is 0 Å². The summed E-state index contributed by atoms with van der Waals surface area (Å²) in [5, 5.41) is 5.13. The molecule has 5 heteroatoms. The second-order valence-electron chi connectivity index (χ2n) is 4.25. The molecule has 0 saturated heterocycles. The smallest absolute Gasteiger partial charge is 0.216 e. The molecule has 0 heterocycles. The predicted octanol–water partition coefficient (Wildman–Crippen LogP) is 0.312. The van der Waals surface area contributed by atoms with Gasteiger partial charge in [-0.1, -0.05) is 0 Å². The topological polar surface area (TPSA) is 63.4 Å². The minimum Gasteiger partial charge on any atom is -0.216 e. The van der Waals surface area contributed by atoms with Crippen LogP contribution in [0.25, 0.3) is 0 Å². The first-order chi connectivity index (χ1) is 6.05. The van der Waals surface area contributed by atoms with Crippen molar-refractivity contribution in [2.45, 2.75) is 25.7 Å². The zero-order valence-electron chi connectivity index (χ0n) is 7.65. The molecule has 0 aromatic heterocycles. The minimum absolute atomic E-state index is 0.581. The van der Waals surface area contributed by atoms with Crippen molar-refractivity contribution in [3.8, 4) is 0 Å². The number of rotatable bonds is 5. The van der Waals surface area contributed by atoms with Crippen LogP contribution in [0.2, 0.25) is 0 Å². The van der Waals surface area contributed by atoms with Gasteiger partial charge in [-0.2, -0.15) is 12.7 Å². The molecule has 0 bridgehead atoms. The lowest BCUT2D eigenvalue weighted by molar-refractivity contribution is 0.383. The van der Waals surface area contributed by atoms with Gasteiger partial charge < -0.3 is 0 Å². The highest BCUT2D eigenvalue weighted by Crippen LogP contribution is 2.34. The molecule has 0 unspecified atom stereocenters. The normalized spacial score (nSPS) is 23.8. The van der Waals surface area contributed by atoms with Crippen molar-refractivity contribution < 1.29 is 8.42 Å². The Morgan fingerprint density at radius 3 is 1.69 bits per heavy atom. The second-order valence-corrected chi connectivity index (χ2v) is 5.80. The quantitative estimate of drug-likeness (QED) is 0.700. The van der Waals surface area contributed by atoms with Crippen molar-refractivity contribution in [1.82, 2.24) is 4.31 Å². The van der Waals surface area contributed by atoms with Gasteiger partial charge in [0.05, 0.1) is 0 Å². The summed E-state index contributed by atoms with van der Waals surface area (Å²) in [6.45, 7) is 1.30. The molecule has 2 saturated carbocycles. The summed E-state index contributed by atoms with van der Waals surface area (Å²) < 4.78 is 23.8. The van der Waals surface area contributed by atoms with Gasteiger partial charge in [0.2, 0.25) is 0 Å². The lowest BCUT2D eigenvalue weighted by Crippen LogP contribution is -2.39. The third kappa shape index (κ3) is 2.93. The van der Waals surface area contributed by atoms with Gasteiger partial charge in [0.25, 0.3) is 10.2 Å². The highest BCUT2D eigenvalue weighted by atomic mass is 32.2. The van der Waals surface area contributed by atoms with Crippen molar-refractivity contribution in [2.75, 3.05) is 13.1 Å².